The molecule has 2 aromatic carbocycles. The predicted molar refractivity (Wildman–Crippen MR) is 103 cm³/mol. The lowest BCUT2D eigenvalue weighted by atomic mass is 10.1. The van der Waals surface area contributed by atoms with Crippen molar-refractivity contribution in [3.63, 3.8) is 0 Å². The van der Waals surface area contributed by atoms with Crippen LogP contribution >= 0.6 is 0 Å². The normalized spacial score (nSPS) is 12.3. The minimum absolute atomic E-state index is 0.0675. The molecule has 1 atom stereocenters. The number of halogens is 3. The van der Waals surface area contributed by atoms with Crippen LogP contribution in [-0.4, -0.2) is 11.9 Å². The molecule has 1 N–H and O–H groups in total. The molecular weight excluding hydrogens is 399 g/mol. The molecule has 1 amide bonds. The average Bonchev–Trinajstić information content (AvgIpc) is 3.04. The number of hydrogen-bond acceptors (Lipinski definition) is 4. The summed E-state index contributed by atoms with van der Waals surface area (Å²) in [5, 5.41) is 2.39. The van der Waals surface area contributed by atoms with E-state index in [1.54, 1.807) is 44.2 Å². The van der Waals surface area contributed by atoms with E-state index in [0.717, 1.165) is 12.1 Å². The Bertz CT molecular complexity index is 1060. The number of carbonyl (C=O) groups excluding carboxylic acids is 2. The number of alkyl halides is 3. The molecule has 1 heterocycles. The quantitative estimate of drug-likeness (QED) is 0.561. The fraction of sp³-hybridized carbons (Fsp3) is 0.182. The first-order chi connectivity index (χ1) is 14.1. The van der Waals surface area contributed by atoms with Crippen molar-refractivity contribution in [1.82, 2.24) is 0 Å². The summed E-state index contributed by atoms with van der Waals surface area (Å²) in [5.74, 6) is -0.726. The van der Waals surface area contributed by atoms with Gasteiger partial charge in [-0.15, -0.1) is 0 Å². The summed E-state index contributed by atoms with van der Waals surface area (Å²) in [6, 6.07) is 13.9. The lowest BCUT2D eigenvalue weighted by molar-refractivity contribution is -0.137. The van der Waals surface area contributed by atoms with E-state index >= 15 is 0 Å². The summed E-state index contributed by atoms with van der Waals surface area (Å²) < 4.78 is 49.5. The molecular formula is C22H18F3NO4. The lowest BCUT2D eigenvalue weighted by Crippen LogP contribution is -2.26. The van der Waals surface area contributed by atoms with Gasteiger partial charge in [-0.05, 0) is 38.1 Å². The van der Waals surface area contributed by atoms with Crippen LogP contribution in [-0.2, 0) is 15.7 Å². The van der Waals surface area contributed by atoms with Crippen LogP contribution in [0.5, 0.6) is 0 Å². The first-order valence-corrected chi connectivity index (χ1v) is 8.96. The van der Waals surface area contributed by atoms with Crippen molar-refractivity contribution in [1.29, 1.82) is 0 Å². The monoisotopic (exact) mass is 417 g/mol. The van der Waals surface area contributed by atoms with E-state index in [4.69, 9.17) is 9.15 Å². The maximum Gasteiger partial charge on any atom is 0.416 e. The van der Waals surface area contributed by atoms with Crippen molar-refractivity contribution in [2.75, 3.05) is 5.32 Å². The molecule has 0 spiro atoms. The van der Waals surface area contributed by atoms with Crippen molar-refractivity contribution < 1.29 is 31.9 Å². The molecule has 0 aliphatic heterocycles. The fourth-order valence-corrected chi connectivity index (χ4v) is 2.89. The lowest BCUT2D eigenvalue weighted by Gasteiger charge is -2.18. The van der Waals surface area contributed by atoms with E-state index in [1.165, 1.54) is 18.2 Å². The summed E-state index contributed by atoms with van der Waals surface area (Å²) in [6.45, 7) is 3.25. The molecule has 0 saturated carbocycles. The van der Waals surface area contributed by atoms with Gasteiger partial charge in [-0.3, -0.25) is 4.79 Å². The molecule has 0 bridgehead atoms. The van der Waals surface area contributed by atoms with Crippen molar-refractivity contribution in [3.8, 4) is 0 Å². The molecule has 0 unspecified atom stereocenters. The van der Waals surface area contributed by atoms with Gasteiger partial charge in [0.25, 0.3) is 5.91 Å². The van der Waals surface area contributed by atoms with Gasteiger partial charge in [0.05, 0.1) is 5.56 Å². The molecule has 5 nitrogen and oxygen atoms in total. The summed E-state index contributed by atoms with van der Waals surface area (Å²) in [7, 11) is 0. The van der Waals surface area contributed by atoms with Gasteiger partial charge in [-0.1, -0.05) is 36.4 Å². The topological polar surface area (TPSA) is 68.5 Å². The largest absolute Gasteiger partial charge is 0.466 e. The smallest absolute Gasteiger partial charge is 0.416 e. The number of aryl methyl sites for hydroxylation is 2. The second kappa shape index (κ2) is 8.44. The first-order valence-electron chi connectivity index (χ1n) is 8.96. The SMILES string of the molecule is Cc1cc(C(=O)O[C@@H](C(=O)Nc2cccc(C(F)(F)F)c2)c2ccccc2)c(C)o1. The van der Waals surface area contributed by atoms with E-state index in [-0.39, 0.29) is 11.3 Å². The van der Waals surface area contributed by atoms with E-state index < -0.39 is 29.7 Å². The third-order valence-electron chi connectivity index (χ3n) is 4.28. The van der Waals surface area contributed by atoms with Crippen molar-refractivity contribution in [3.05, 3.63) is 88.9 Å². The van der Waals surface area contributed by atoms with Gasteiger partial charge in [-0.2, -0.15) is 13.2 Å². The zero-order valence-electron chi connectivity index (χ0n) is 16.1. The van der Waals surface area contributed by atoms with Crippen LogP contribution in [0.4, 0.5) is 18.9 Å². The van der Waals surface area contributed by atoms with E-state index in [1.807, 2.05) is 0 Å². The summed E-state index contributed by atoms with van der Waals surface area (Å²) in [5.41, 5.74) is -0.436. The van der Waals surface area contributed by atoms with Crippen LogP contribution in [0.1, 0.15) is 39.1 Å². The Kier molecular flexibility index (Phi) is 5.96. The highest BCUT2D eigenvalue weighted by atomic mass is 19.4. The van der Waals surface area contributed by atoms with Gasteiger partial charge in [0.1, 0.15) is 17.1 Å². The summed E-state index contributed by atoms with van der Waals surface area (Å²) in [4.78, 5) is 25.4. The van der Waals surface area contributed by atoms with Crippen LogP contribution in [0.2, 0.25) is 0 Å². The number of rotatable bonds is 5. The number of anilines is 1. The van der Waals surface area contributed by atoms with Crippen LogP contribution in [0.3, 0.4) is 0 Å². The van der Waals surface area contributed by atoms with Gasteiger partial charge in [-0.25, -0.2) is 4.79 Å². The van der Waals surface area contributed by atoms with Crippen LogP contribution < -0.4 is 5.32 Å². The Morgan fingerprint density at radius 2 is 1.70 bits per heavy atom. The Hall–Kier alpha value is -3.55. The van der Waals surface area contributed by atoms with Gasteiger partial charge >= 0.3 is 12.1 Å². The number of amides is 1. The van der Waals surface area contributed by atoms with Crippen molar-refractivity contribution >= 4 is 17.6 Å². The molecule has 3 rings (SSSR count). The molecule has 1 aromatic heterocycles. The number of hydrogen-bond donors (Lipinski definition) is 1. The first kappa shape index (κ1) is 21.2. The highest BCUT2D eigenvalue weighted by molar-refractivity contribution is 5.98. The van der Waals surface area contributed by atoms with Crippen LogP contribution in [0.25, 0.3) is 0 Å². The molecule has 0 saturated heterocycles. The maximum atomic E-state index is 12.9. The molecule has 156 valence electrons. The number of benzene rings is 2. The number of ether oxygens (including phenoxy) is 1. The van der Waals surface area contributed by atoms with E-state index in [0.29, 0.717) is 17.1 Å². The number of nitrogens with one attached hydrogen (secondary N) is 1. The average molecular weight is 417 g/mol. The zero-order chi connectivity index (χ0) is 21.9. The number of carbonyl (C=O) groups is 2. The maximum absolute atomic E-state index is 12.9. The molecule has 8 heteroatoms. The van der Waals surface area contributed by atoms with E-state index in [9.17, 15) is 22.8 Å². The van der Waals surface area contributed by atoms with Gasteiger partial charge in [0.15, 0.2) is 0 Å². The highest BCUT2D eigenvalue weighted by Crippen LogP contribution is 2.31. The Balaban J connectivity index is 1.87. The van der Waals surface area contributed by atoms with Gasteiger partial charge < -0.3 is 14.5 Å². The molecule has 0 aliphatic carbocycles. The second-order valence-corrected chi connectivity index (χ2v) is 6.59. The second-order valence-electron chi connectivity index (χ2n) is 6.59. The van der Waals surface area contributed by atoms with Crippen molar-refractivity contribution in [2.24, 2.45) is 0 Å². The van der Waals surface area contributed by atoms with Crippen LogP contribution in [0.15, 0.2) is 65.1 Å². The minimum Gasteiger partial charge on any atom is -0.466 e. The molecule has 30 heavy (non-hydrogen) atoms. The number of esters is 1. The fourth-order valence-electron chi connectivity index (χ4n) is 2.89. The Morgan fingerprint density at radius 1 is 1.00 bits per heavy atom. The Labute approximate surface area is 170 Å². The third-order valence-corrected chi connectivity index (χ3v) is 4.28. The zero-order valence-corrected chi connectivity index (χ0v) is 16.1. The third kappa shape index (κ3) is 4.89. The van der Waals surface area contributed by atoms with Crippen LogP contribution in [0, 0.1) is 13.8 Å². The van der Waals surface area contributed by atoms with Gasteiger partial charge in [0, 0.05) is 11.3 Å². The van der Waals surface area contributed by atoms with Gasteiger partial charge in [0.2, 0.25) is 6.10 Å². The predicted octanol–water partition coefficient (Wildman–Crippen LogP) is 5.45. The summed E-state index contributed by atoms with van der Waals surface area (Å²) >= 11 is 0. The Morgan fingerprint density at radius 3 is 2.30 bits per heavy atom. The minimum atomic E-state index is -4.55. The molecule has 0 radical (unpaired) electrons. The van der Waals surface area contributed by atoms with Crippen molar-refractivity contribution in [2.45, 2.75) is 26.1 Å². The highest BCUT2D eigenvalue weighted by Gasteiger charge is 2.31. The molecule has 0 fully saturated rings. The molecule has 3 aromatic rings. The number of furan rings is 1. The van der Waals surface area contributed by atoms with E-state index in [2.05, 4.69) is 5.32 Å². The standard InChI is InChI=1S/C22H18F3NO4/c1-13-11-18(14(2)29-13)21(28)30-19(15-7-4-3-5-8-15)20(27)26-17-10-6-9-16(12-17)22(23,24)25/h3-12,19H,1-2H3,(H,26,27)/t19-/m1/s1. The summed E-state index contributed by atoms with van der Waals surface area (Å²) in [6.07, 6.45) is -5.93. The molecule has 0 aliphatic rings.